The fraction of sp³-hybridized carbons (Fsp3) is 0.136. The van der Waals surface area contributed by atoms with Gasteiger partial charge >= 0.3 is 0 Å². The molecular formula is C22H19FN2OS. The highest BCUT2D eigenvalue weighted by atomic mass is 32.1. The molecule has 2 heterocycles. The van der Waals surface area contributed by atoms with Gasteiger partial charge in [0.2, 0.25) is 0 Å². The summed E-state index contributed by atoms with van der Waals surface area (Å²) in [5, 5.41) is 5.01. The predicted molar refractivity (Wildman–Crippen MR) is 109 cm³/mol. The highest BCUT2D eigenvalue weighted by Crippen LogP contribution is 2.27. The summed E-state index contributed by atoms with van der Waals surface area (Å²) in [7, 11) is 0. The van der Waals surface area contributed by atoms with Gasteiger partial charge in [-0.25, -0.2) is 4.39 Å². The Hall–Kier alpha value is -2.92. The Morgan fingerprint density at radius 2 is 1.96 bits per heavy atom. The predicted octanol–water partition coefficient (Wildman–Crippen LogP) is 5.76. The van der Waals surface area contributed by atoms with Crippen molar-refractivity contribution < 1.29 is 9.18 Å². The van der Waals surface area contributed by atoms with Crippen LogP contribution in [-0.2, 0) is 6.54 Å². The number of anilines is 1. The largest absolute Gasteiger partial charge is 0.331 e. The molecule has 0 saturated carbocycles. The number of thiophene rings is 1. The van der Waals surface area contributed by atoms with Crippen LogP contribution in [0.25, 0.3) is 10.2 Å². The summed E-state index contributed by atoms with van der Waals surface area (Å²) in [6.45, 7) is 4.44. The van der Waals surface area contributed by atoms with Crippen LogP contribution >= 0.6 is 11.3 Å². The molecule has 0 unspecified atom stereocenters. The number of rotatable bonds is 4. The molecule has 0 spiro atoms. The highest BCUT2D eigenvalue weighted by Gasteiger charge is 2.17. The van der Waals surface area contributed by atoms with E-state index < -0.39 is 0 Å². The third-order valence-corrected chi connectivity index (χ3v) is 5.47. The SMILES string of the molecule is Cc1ccc(NC(=O)c2cc3sccc3n2Cc2cccc(F)c2)c(C)c1. The number of halogens is 1. The average Bonchev–Trinajstić information content (AvgIpc) is 3.20. The van der Waals surface area contributed by atoms with E-state index in [1.54, 1.807) is 17.4 Å². The number of hydrogen-bond donors (Lipinski definition) is 1. The topological polar surface area (TPSA) is 34.0 Å². The smallest absolute Gasteiger partial charge is 0.272 e. The van der Waals surface area contributed by atoms with Gasteiger partial charge in [-0.2, -0.15) is 0 Å². The minimum atomic E-state index is -0.275. The van der Waals surface area contributed by atoms with Gasteiger partial charge in [-0.05, 0) is 60.7 Å². The van der Waals surface area contributed by atoms with E-state index in [4.69, 9.17) is 0 Å². The van der Waals surface area contributed by atoms with Crippen molar-refractivity contribution in [1.29, 1.82) is 0 Å². The van der Waals surface area contributed by atoms with Gasteiger partial charge in [-0.1, -0.05) is 29.8 Å². The molecule has 0 aliphatic heterocycles. The van der Waals surface area contributed by atoms with Gasteiger partial charge in [0.05, 0.1) is 10.2 Å². The van der Waals surface area contributed by atoms with E-state index in [1.807, 2.05) is 60.2 Å². The monoisotopic (exact) mass is 378 g/mol. The first-order valence-electron chi connectivity index (χ1n) is 8.71. The Morgan fingerprint density at radius 3 is 2.74 bits per heavy atom. The van der Waals surface area contributed by atoms with E-state index >= 15 is 0 Å². The van der Waals surface area contributed by atoms with Crippen molar-refractivity contribution in [3.63, 3.8) is 0 Å². The lowest BCUT2D eigenvalue weighted by Crippen LogP contribution is -2.18. The average molecular weight is 378 g/mol. The number of fused-ring (bicyclic) bond motifs is 1. The third kappa shape index (κ3) is 3.51. The Balaban J connectivity index is 1.70. The molecule has 27 heavy (non-hydrogen) atoms. The lowest BCUT2D eigenvalue weighted by molar-refractivity contribution is 0.101. The summed E-state index contributed by atoms with van der Waals surface area (Å²) >= 11 is 1.59. The normalized spacial score (nSPS) is 11.1. The van der Waals surface area contributed by atoms with E-state index in [-0.39, 0.29) is 11.7 Å². The quantitative estimate of drug-likeness (QED) is 0.481. The summed E-state index contributed by atoms with van der Waals surface area (Å²) in [5.74, 6) is -0.441. The number of hydrogen-bond acceptors (Lipinski definition) is 2. The Kier molecular flexibility index (Phi) is 4.54. The van der Waals surface area contributed by atoms with Gasteiger partial charge < -0.3 is 9.88 Å². The van der Waals surface area contributed by atoms with E-state index in [2.05, 4.69) is 5.32 Å². The van der Waals surface area contributed by atoms with Crippen LogP contribution in [0.2, 0.25) is 0 Å². The van der Waals surface area contributed by atoms with Gasteiger partial charge in [0.15, 0.2) is 0 Å². The maximum absolute atomic E-state index is 13.6. The van der Waals surface area contributed by atoms with Crippen molar-refractivity contribution in [2.45, 2.75) is 20.4 Å². The third-order valence-electron chi connectivity index (χ3n) is 4.62. The Labute approximate surface area is 161 Å². The van der Waals surface area contributed by atoms with Crippen molar-refractivity contribution in [1.82, 2.24) is 4.57 Å². The minimum absolute atomic E-state index is 0.165. The maximum Gasteiger partial charge on any atom is 0.272 e. The van der Waals surface area contributed by atoms with Crippen LogP contribution < -0.4 is 5.32 Å². The zero-order chi connectivity index (χ0) is 19.0. The molecule has 0 bridgehead atoms. The molecule has 4 rings (SSSR count). The van der Waals surface area contributed by atoms with Gasteiger partial charge in [0, 0.05) is 12.2 Å². The Bertz CT molecular complexity index is 1140. The fourth-order valence-corrected chi connectivity index (χ4v) is 4.12. The van der Waals surface area contributed by atoms with Crippen molar-refractivity contribution in [3.8, 4) is 0 Å². The molecule has 3 nitrogen and oxygen atoms in total. The zero-order valence-electron chi connectivity index (χ0n) is 15.1. The molecule has 0 radical (unpaired) electrons. The molecule has 0 saturated heterocycles. The van der Waals surface area contributed by atoms with Crippen LogP contribution in [0.5, 0.6) is 0 Å². The molecule has 1 amide bonds. The molecular weight excluding hydrogens is 359 g/mol. The van der Waals surface area contributed by atoms with Crippen LogP contribution in [0.4, 0.5) is 10.1 Å². The molecule has 5 heteroatoms. The van der Waals surface area contributed by atoms with E-state index in [0.717, 1.165) is 32.6 Å². The number of aryl methyl sites for hydroxylation is 2. The molecule has 2 aromatic carbocycles. The molecule has 0 atom stereocenters. The molecule has 4 aromatic rings. The second-order valence-corrected chi connectivity index (χ2v) is 7.64. The van der Waals surface area contributed by atoms with Crippen molar-refractivity contribution >= 4 is 33.1 Å². The molecule has 1 N–H and O–H groups in total. The Morgan fingerprint density at radius 1 is 1.11 bits per heavy atom. The van der Waals surface area contributed by atoms with Gasteiger partial charge in [0.1, 0.15) is 11.5 Å². The minimum Gasteiger partial charge on any atom is -0.331 e. The number of nitrogens with zero attached hydrogens (tertiary/aromatic N) is 1. The lowest BCUT2D eigenvalue weighted by Gasteiger charge is -2.13. The number of carbonyl (C=O) groups excluding carboxylic acids is 1. The van der Waals surface area contributed by atoms with E-state index in [9.17, 15) is 9.18 Å². The van der Waals surface area contributed by atoms with Crippen LogP contribution in [0, 0.1) is 19.7 Å². The number of nitrogens with one attached hydrogen (secondary N) is 1. The lowest BCUT2D eigenvalue weighted by atomic mass is 10.1. The van der Waals surface area contributed by atoms with E-state index in [0.29, 0.717) is 12.2 Å². The summed E-state index contributed by atoms with van der Waals surface area (Å²) in [5.41, 5.74) is 5.34. The van der Waals surface area contributed by atoms with Crippen LogP contribution in [0.3, 0.4) is 0 Å². The second-order valence-electron chi connectivity index (χ2n) is 6.69. The van der Waals surface area contributed by atoms with E-state index in [1.165, 1.54) is 12.1 Å². The first-order valence-corrected chi connectivity index (χ1v) is 9.59. The van der Waals surface area contributed by atoms with Gasteiger partial charge in [-0.15, -0.1) is 11.3 Å². The maximum atomic E-state index is 13.6. The van der Waals surface area contributed by atoms with Crippen molar-refractivity contribution in [3.05, 3.63) is 88.2 Å². The fourth-order valence-electron chi connectivity index (χ4n) is 3.29. The zero-order valence-corrected chi connectivity index (χ0v) is 15.9. The summed E-state index contributed by atoms with van der Waals surface area (Å²) in [6.07, 6.45) is 0. The van der Waals surface area contributed by atoms with Crippen molar-refractivity contribution in [2.24, 2.45) is 0 Å². The van der Waals surface area contributed by atoms with Crippen LogP contribution in [-0.4, -0.2) is 10.5 Å². The number of aromatic nitrogens is 1. The first-order chi connectivity index (χ1) is 13.0. The summed E-state index contributed by atoms with van der Waals surface area (Å²) in [4.78, 5) is 13.0. The standard InChI is InChI=1S/C22H19FN2OS/c1-14-6-7-18(15(2)10-14)24-22(26)20-12-21-19(8-9-27-21)25(20)13-16-4-3-5-17(23)11-16/h3-12H,13H2,1-2H3,(H,24,26). The molecule has 0 aliphatic rings. The number of carbonyl (C=O) groups is 1. The number of benzene rings is 2. The summed E-state index contributed by atoms with van der Waals surface area (Å²) in [6, 6.07) is 16.3. The van der Waals surface area contributed by atoms with Crippen molar-refractivity contribution in [2.75, 3.05) is 5.32 Å². The molecule has 2 aromatic heterocycles. The number of amides is 1. The van der Waals surface area contributed by atoms with Crippen LogP contribution in [0.15, 0.2) is 60.0 Å². The molecule has 0 aliphatic carbocycles. The molecule has 136 valence electrons. The first kappa shape index (κ1) is 17.5. The summed E-state index contributed by atoms with van der Waals surface area (Å²) < 4.78 is 16.6. The van der Waals surface area contributed by atoms with Gasteiger partial charge in [0.25, 0.3) is 5.91 Å². The highest BCUT2D eigenvalue weighted by molar-refractivity contribution is 7.17. The van der Waals surface area contributed by atoms with Gasteiger partial charge in [-0.3, -0.25) is 4.79 Å². The second kappa shape index (κ2) is 7.00. The van der Waals surface area contributed by atoms with Crippen LogP contribution in [0.1, 0.15) is 27.2 Å². The molecule has 0 fully saturated rings.